The molecule has 22 heavy (non-hydrogen) atoms. The van der Waals surface area contributed by atoms with Crippen molar-refractivity contribution in [2.24, 2.45) is 10.1 Å². The largest absolute Gasteiger partial charge is 0.368 e. The Hall–Kier alpha value is -2.39. The van der Waals surface area contributed by atoms with Gasteiger partial charge in [0.2, 0.25) is 5.96 Å². The van der Waals surface area contributed by atoms with Crippen molar-refractivity contribution in [2.75, 3.05) is 0 Å². The number of guanidine groups is 1. The van der Waals surface area contributed by atoms with E-state index in [1.54, 1.807) is 12.1 Å². The monoisotopic (exact) mass is 339 g/mol. The molecule has 0 aliphatic rings. The van der Waals surface area contributed by atoms with Crippen LogP contribution in [0.15, 0.2) is 74.9 Å². The lowest BCUT2D eigenvalue weighted by Gasteiger charge is -2.07. The fourth-order valence-corrected chi connectivity index (χ4v) is 3.51. The van der Waals surface area contributed by atoms with Crippen LogP contribution in [-0.2, 0) is 20.0 Å². The van der Waals surface area contributed by atoms with Gasteiger partial charge in [0, 0.05) is 0 Å². The number of nitrogens with two attached hydrogens (primary N) is 1. The Labute approximate surface area is 128 Å². The Morgan fingerprint density at radius 3 is 1.77 bits per heavy atom. The van der Waals surface area contributed by atoms with E-state index in [4.69, 9.17) is 5.73 Å². The maximum absolute atomic E-state index is 12.0. The fourth-order valence-electron chi connectivity index (χ4n) is 1.59. The van der Waals surface area contributed by atoms with Gasteiger partial charge < -0.3 is 5.73 Å². The first-order chi connectivity index (χ1) is 10.3. The molecule has 9 heteroatoms. The van der Waals surface area contributed by atoms with Crippen LogP contribution < -0.4 is 10.5 Å². The molecule has 0 bridgehead atoms. The van der Waals surface area contributed by atoms with Crippen LogP contribution in [0.3, 0.4) is 0 Å². The molecule has 2 aromatic rings. The molecule has 0 fully saturated rings. The summed E-state index contributed by atoms with van der Waals surface area (Å²) in [6.07, 6.45) is 0. The molecule has 0 radical (unpaired) electrons. The first kappa shape index (κ1) is 16.0. The summed E-state index contributed by atoms with van der Waals surface area (Å²) in [7, 11) is -8.06. The number of nitrogens with zero attached hydrogens (tertiary/aromatic N) is 1. The molecule has 0 aliphatic heterocycles. The SMILES string of the molecule is NC(=NS(=O)(=O)c1ccccc1)NS(=O)(=O)c1ccccc1. The lowest BCUT2D eigenvalue weighted by Crippen LogP contribution is -2.37. The molecule has 2 rings (SSSR count). The first-order valence-corrected chi connectivity index (χ1v) is 8.97. The van der Waals surface area contributed by atoms with E-state index in [1.165, 1.54) is 48.5 Å². The van der Waals surface area contributed by atoms with Gasteiger partial charge >= 0.3 is 0 Å². The summed E-state index contributed by atoms with van der Waals surface area (Å²) < 4.78 is 53.1. The van der Waals surface area contributed by atoms with Crippen LogP contribution in [0.4, 0.5) is 0 Å². The van der Waals surface area contributed by atoms with Crippen molar-refractivity contribution in [1.29, 1.82) is 0 Å². The average Bonchev–Trinajstić information content (AvgIpc) is 2.48. The number of hydrogen-bond acceptors (Lipinski definition) is 4. The number of sulfonamides is 2. The third-order valence-corrected chi connectivity index (χ3v) is 5.23. The second-order valence-electron chi connectivity index (χ2n) is 4.18. The molecule has 7 nitrogen and oxygen atoms in total. The predicted molar refractivity (Wildman–Crippen MR) is 82.0 cm³/mol. The van der Waals surface area contributed by atoms with Gasteiger partial charge in [0.25, 0.3) is 20.0 Å². The van der Waals surface area contributed by atoms with Gasteiger partial charge in [-0.1, -0.05) is 36.4 Å². The zero-order valence-corrected chi connectivity index (χ0v) is 12.9. The summed E-state index contributed by atoms with van der Waals surface area (Å²) in [4.78, 5) is -0.137. The molecule has 116 valence electrons. The van der Waals surface area contributed by atoms with Crippen LogP contribution in [-0.4, -0.2) is 22.8 Å². The molecule has 0 heterocycles. The summed E-state index contributed by atoms with van der Waals surface area (Å²) in [5.41, 5.74) is 5.40. The summed E-state index contributed by atoms with van der Waals surface area (Å²) in [5.74, 6) is -0.729. The van der Waals surface area contributed by atoms with Gasteiger partial charge in [-0.3, -0.25) is 0 Å². The molecule has 0 spiro atoms. The third-order valence-electron chi connectivity index (χ3n) is 2.55. The van der Waals surface area contributed by atoms with Crippen LogP contribution in [0.5, 0.6) is 0 Å². The number of nitrogens with one attached hydrogen (secondary N) is 1. The van der Waals surface area contributed by atoms with Gasteiger partial charge in [0.1, 0.15) is 0 Å². The maximum Gasteiger partial charge on any atom is 0.285 e. The molecule has 3 N–H and O–H groups in total. The Balaban J connectivity index is 2.28. The highest BCUT2D eigenvalue weighted by Gasteiger charge is 2.17. The van der Waals surface area contributed by atoms with Crippen LogP contribution in [0, 0.1) is 0 Å². The van der Waals surface area contributed by atoms with E-state index in [0.29, 0.717) is 0 Å². The molecular formula is C13H13N3O4S2. The van der Waals surface area contributed by atoms with Crippen LogP contribution >= 0.6 is 0 Å². The summed E-state index contributed by atoms with van der Waals surface area (Å²) in [6.45, 7) is 0. The highest BCUT2D eigenvalue weighted by molar-refractivity contribution is 7.91. The van der Waals surface area contributed by atoms with Crippen molar-refractivity contribution < 1.29 is 16.8 Å². The molecule has 2 aromatic carbocycles. The minimum atomic E-state index is -4.08. The van der Waals surface area contributed by atoms with Crippen molar-refractivity contribution in [1.82, 2.24) is 4.72 Å². The van der Waals surface area contributed by atoms with Gasteiger partial charge in [0.15, 0.2) is 0 Å². The van der Waals surface area contributed by atoms with Crippen molar-refractivity contribution >= 4 is 26.0 Å². The number of rotatable bonds is 4. The van der Waals surface area contributed by atoms with Crippen molar-refractivity contribution in [3.63, 3.8) is 0 Å². The average molecular weight is 339 g/mol. The second-order valence-corrected chi connectivity index (χ2v) is 7.47. The Bertz CT molecular complexity index is 877. The van der Waals surface area contributed by atoms with E-state index >= 15 is 0 Å². The van der Waals surface area contributed by atoms with E-state index in [1.807, 2.05) is 4.72 Å². The highest BCUT2D eigenvalue weighted by atomic mass is 32.2. The number of hydrogen-bond donors (Lipinski definition) is 2. The zero-order chi connectivity index (χ0) is 16.2. The lowest BCUT2D eigenvalue weighted by atomic mass is 10.4. The van der Waals surface area contributed by atoms with Crippen LogP contribution in [0.2, 0.25) is 0 Å². The van der Waals surface area contributed by atoms with Crippen molar-refractivity contribution in [3.05, 3.63) is 60.7 Å². The maximum atomic E-state index is 12.0. The second kappa shape index (κ2) is 6.16. The van der Waals surface area contributed by atoms with E-state index in [0.717, 1.165) is 0 Å². The van der Waals surface area contributed by atoms with Crippen LogP contribution in [0.25, 0.3) is 0 Å². The topological polar surface area (TPSA) is 119 Å². The molecule has 0 amide bonds. The molecule has 0 atom stereocenters. The van der Waals surface area contributed by atoms with E-state index in [2.05, 4.69) is 4.40 Å². The highest BCUT2D eigenvalue weighted by Crippen LogP contribution is 2.11. The molecule has 0 saturated carbocycles. The smallest absolute Gasteiger partial charge is 0.285 e. The molecule has 0 aliphatic carbocycles. The standard InChI is InChI=1S/C13H13N3O4S2/c14-13(15-21(17,18)11-7-3-1-4-8-11)16-22(19,20)12-9-5-2-6-10-12/h1-10H,(H3,14,15,16). The Morgan fingerprint density at radius 2 is 1.27 bits per heavy atom. The zero-order valence-electron chi connectivity index (χ0n) is 11.2. The quantitative estimate of drug-likeness (QED) is 0.627. The predicted octanol–water partition coefficient (Wildman–Crippen LogP) is 0.668. The minimum Gasteiger partial charge on any atom is -0.368 e. The van der Waals surface area contributed by atoms with E-state index in [-0.39, 0.29) is 9.79 Å². The van der Waals surface area contributed by atoms with Crippen molar-refractivity contribution in [2.45, 2.75) is 9.79 Å². The molecule has 0 unspecified atom stereocenters. The molecule has 0 aromatic heterocycles. The van der Waals surface area contributed by atoms with Crippen molar-refractivity contribution in [3.8, 4) is 0 Å². The number of benzene rings is 2. The van der Waals surface area contributed by atoms with E-state index < -0.39 is 26.0 Å². The van der Waals surface area contributed by atoms with Gasteiger partial charge in [-0.05, 0) is 24.3 Å². The summed E-state index contributed by atoms with van der Waals surface area (Å²) in [6, 6.07) is 14.8. The minimum absolute atomic E-state index is 0.0507. The van der Waals surface area contributed by atoms with Crippen LogP contribution in [0.1, 0.15) is 0 Å². The molecular weight excluding hydrogens is 326 g/mol. The summed E-state index contributed by atoms with van der Waals surface area (Å²) >= 11 is 0. The van der Waals surface area contributed by atoms with Gasteiger partial charge in [-0.2, -0.15) is 8.42 Å². The van der Waals surface area contributed by atoms with Gasteiger partial charge in [-0.25, -0.2) is 13.1 Å². The van der Waals surface area contributed by atoms with E-state index in [9.17, 15) is 16.8 Å². The molecule has 0 saturated heterocycles. The lowest BCUT2D eigenvalue weighted by molar-refractivity contribution is 0.592. The normalized spacial score (nSPS) is 12.8. The summed E-state index contributed by atoms with van der Waals surface area (Å²) in [5, 5.41) is 0. The fraction of sp³-hybridized carbons (Fsp3) is 0. The Kier molecular flexibility index (Phi) is 4.48. The third kappa shape index (κ3) is 3.83. The first-order valence-electron chi connectivity index (χ1n) is 6.05. The van der Waals surface area contributed by atoms with Gasteiger partial charge in [-0.15, -0.1) is 4.40 Å². The van der Waals surface area contributed by atoms with Gasteiger partial charge in [0.05, 0.1) is 9.79 Å². The Morgan fingerprint density at radius 1 is 0.818 bits per heavy atom.